The maximum atomic E-state index is 9.75. The van der Waals surface area contributed by atoms with Crippen molar-refractivity contribution in [3.8, 4) is 22.8 Å². The molecule has 3 aromatic heterocycles. The van der Waals surface area contributed by atoms with Gasteiger partial charge in [0.15, 0.2) is 0 Å². The van der Waals surface area contributed by atoms with Crippen molar-refractivity contribution in [3.63, 3.8) is 0 Å². The van der Waals surface area contributed by atoms with E-state index in [1.54, 1.807) is 12.4 Å². The first-order valence-corrected chi connectivity index (χ1v) is 13.4. The molecule has 0 atom stereocenters. The maximum absolute atomic E-state index is 9.75. The third-order valence-corrected chi connectivity index (χ3v) is 2.60. The number of hydrogen-bond acceptors (Lipinski definition) is 4. The second-order valence-electron chi connectivity index (χ2n) is 4.38. The van der Waals surface area contributed by atoms with E-state index in [4.69, 9.17) is 29.8 Å². The van der Waals surface area contributed by atoms with Gasteiger partial charge in [-0.2, -0.15) is 0 Å². The Morgan fingerprint density at radius 2 is 1.04 bits per heavy atom. The number of nitroso groups, excluding NO2 is 1. The maximum Gasteiger partial charge on any atom is 0.0894 e. The summed E-state index contributed by atoms with van der Waals surface area (Å²) in [5.41, 5.74) is 9.21. The van der Waals surface area contributed by atoms with E-state index < -0.39 is 22.7 Å². The molecular formula is C15H11BCl2F4N4OOs-2. The van der Waals surface area contributed by atoms with E-state index in [0.29, 0.717) is 0 Å². The van der Waals surface area contributed by atoms with E-state index in [2.05, 4.69) is 15.0 Å². The van der Waals surface area contributed by atoms with E-state index in [0.717, 1.165) is 22.8 Å². The van der Waals surface area contributed by atoms with Crippen molar-refractivity contribution in [1.29, 1.82) is 0 Å². The molecule has 3 rings (SSSR count). The molecule has 0 aliphatic carbocycles. The Kier molecular flexibility index (Phi) is 14.0. The molecule has 3 aromatic rings. The molecule has 0 amide bonds. The average molecular weight is 611 g/mol. The quantitative estimate of drug-likeness (QED) is 0.256. The van der Waals surface area contributed by atoms with Crippen LogP contribution in [0.4, 0.5) is 17.3 Å². The van der Waals surface area contributed by atoms with Crippen LogP contribution in [0.5, 0.6) is 0 Å². The Hall–Kier alpha value is -1.95. The zero-order valence-electron chi connectivity index (χ0n) is 13.7. The smallest absolute Gasteiger partial charge is 0.0894 e. The molecule has 0 fully saturated rings. The van der Waals surface area contributed by atoms with Crippen LogP contribution in [0, 0.1) is 4.91 Å². The summed E-state index contributed by atoms with van der Waals surface area (Å²) >= 11 is -0.639. The van der Waals surface area contributed by atoms with E-state index in [1.807, 2.05) is 54.6 Å². The summed E-state index contributed by atoms with van der Waals surface area (Å²) in [5, 5.41) is 0. The van der Waals surface area contributed by atoms with Crippen LogP contribution >= 0.6 is 19.3 Å². The first-order chi connectivity index (χ1) is 13.3. The summed E-state index contributed by atoms with van der Waals surface area (Å²) in [4.78, 5) is 20.4. The second-order valence-corrected chi connectivity index (χ2v) is 8.05. The molecule has 152 valence electrons. The largest absolute Gasteiger partial charge is 0.577 e. The van der Waals surface area contributed by atoms with E-state index in [1.165, 1.54) is 0 Å². The molecule has 28 heavy (non-hydrogen) atoms. The monoisotopic (exact) mass is 612 g/mol. The summed E-state index contributed by atoms with van der Waals surface area (Å²) in [5.74, 6) is 0. The van der Waals surface area contributed by atoms with Gasteiger partial charge in [0.25, 0.3) is 0 Å². The van der Waals surface area contributed by atoms with E-state index in [-0.39, 0.29) is 0 Å². The Morgan fingerprint density at radius 3 is 1.32 bits per heavy atom. The normalized spacial score (nSPS) is 9.64. The molecule has 5 nitrogen and oxygen atoms in total. The predicted molar refractivity (Wildman–Crippen MR) is 99.3 cm³/mol. The van der Waals surface area contributed by atoms with Crippen LogP contribution in [0.2, 0.25) is 0 Å². The number of hydrogen-bond donors (Lipinski definition) is 0. The summed E-state index contributed by atoms with van der Waals surface area (Å²) in [6.07, 6.45) is 3.54. The Morgan fingerprint density at radius 1 is 0.714 bits per heavy atom. The van der Waals surface area contributed by atoms with Crippen LogP contribution in [-0.4, -0.2) is 22.2 Å². The van der Waals surface area contributed by atoms with Crippen LogP contribution in [0.3, 0.4) is 0 Å². The molecule has 0 radical (unpaired) electrons. The Balaban J connectivity index is 0.000000619. The zero-order chi connectivity index (χ0) is 21.4. The summed E-state index contributed by atoms with van der Waals surface area (Å²) in [6.45, 7) is 0. The molecule has 0 saturated heterocycles. The van der Waals surface area contributed by atoms with Crippen LogP contribution in [0.25, 0.3) is 28.4 Å². The molecule has 0 aliphatic rings. The van der Waals surface area contributed by atoms with Crippen molar-refractivity contribution in [2.75, 3.05) is 0 Å². The standard InChI is InChI=1S/C15H11N3.BF4.2ClH.NO.Os/c1-3-10-16-12(6-1)14-8-5-9-15(18-14)13-7-2-4-11-17-13;2-1(3,4)5;;;1-2;/h1-11H;;2*1H;;/q;-1;;;-1;+2/p-2. The van der Waals surface area contributed by atoms with E-state index >= 15 is 0 Å². The molecule has 0 aliphatic heterocycles. The molecular weight excluding hydrogens is 600 g/mol. The number of halogens is 6. The van der Waals surface area contributed by atoms with Gasteiger partial charge in [-0.25, -0.2) is 4.98 Å². The van der Waals surface area contributed by atoms with Crippen LogP contribution < -0.4 is 0 Å². The first kappa shape index (κ1) is 26.1. The van der Waals surface area contributed by atoms with Crippen molar-refractivity contribution in [2.45, 2.75) is 0 Å². The van der Waals surface area contributed by atoms with Gasteiger partial charge in [-0.05, 0) is 36.4 Å². The number of rotatable bonds is 2. The van der Waals surface area contributed by atoms with Crippen molar-refractivity contribution in [1.82, 2.24) is 15.0 Å². The van der Waals surface area contributed by atoms with Crippen molar-refractivity contribution >= 4 is 26.5 Å². The molecule has 0 spiro atoms. The van der Waals surface area contributed by atoms with Gasteiger partial charge in [0.1, 0.15) is 0 Å². The van der Waals surface area contributed by atoms with Gasteiger partial charge in [0.05, 0.1) is 22.8 Å². The molecule has 0 saturated carbocycles. The van der Waals surface area contributed by atoms with Crippen molar-refractivity contribution in [2.24, 2.45) is 0 Å². The summed E-state index contributed by atoms with van der Waals surface area (Å²) in [6, 6.07) is 17.5. The van der Waals surface area contributed by atoms with Gasteiger partial charge in [-0.1, -0.05) is 18.2 Å². The molecule has 0 unspecified atom stereocenters. The topological polar surface area (TPSA) is 78.0 Å². The Labute approximate surface area is 174 Å². The number of aromatic nitrogens is 3. The van der Waals surface area contributed by atoms with Gasteiger partial charge >= 0.3 is 41.9 Å². The van der Waals surface area contributed by atoms with Gasteiger partial charge < -0.3 is 27.8 Å². The predicted octanol–water partition coefficient (Wildman–Crippen LogP) is 6.20. The molecule has 0 N–H and O–H groups in total. The number of pyridine rings is 3. The van der Waals surface area contributed by atoms with Gasteiger partial charge in [-0.3, -0.25) is 9.97 Å². The fraction of sp³-hybridized carbons (Fsp3) is 0. The van der Waals surface area contributed by atoms with E-state index in [9.17, 15) is 17.3 Å². The van der Waals surface area contributed by atoms with Crippen molar-refractivity contribution < 1.29 is 32.7 Å². The molecule has 0 bridgehead atoms. The van der Waals surface area contributed by atoms with Crippen LogP contribution in [-0.2, 0) is 15.4 Å². The molecule has 3 heterocycles. The second kappa shape index (κ2) is 15.0. The zero-order valence-corrected chi connectivity index (χ0v) is 17.8. The van der Waals surface area contributed by atoms with Crippen molar-refractivity contribution in [3.05, 3.63) is 77.5 Å². The third-order valence-electron chi connectivity index (χ3n) is 2.60. The molecule has 13 heteroatoms. The van der Waals surface area contributed by atoms with Gasteiger partial charge in [0, 0.05) is 12.4 Å². The van der Waals surface area contributed by atoms with Crippen LogP contribution in [0.1, 0.15) is 0 Å². The SMILES string of the molecule is F[B-](F)(F)F.[Cl][Os][Cl].[N-]=O.c1ccc(-c2cccc(-c3ccccn3)n2)nc1. The minimum absolute atomic E-state index is 0.639. The fourth-order valence-corrected chi connectivity index (χ4v) is 1.75. The first-order valence-electron chi connectivity index (χ1n) is 7.05. The summed E-state index contributed by atoms with van der Waals surface area (Å²) < 4.78 is 39.0. The minimum atomic E-state index is -6.00. The third kappa shape index (κ3) is 12.4. The Bertz CT molecular complexity index is 731. The van der Waals surface area contributed by atoms with Crippen LogP contribution in [0.15, 0.2) is 67.0 Å². The number of nitrogens with zero attached hydrogens (tertiary/aromatic N) is 4. The summed E-state index contributed by atoms with van der Waals surface area (Å²) in [7, 11) is 3.81. The molecule has 0 aromatic carbocycles. The average Bonchev–Trinajstić information content (AvgIpc) is 2.70. The van der Waals surface area contributed by atoms with Gasteiger partial charge in [0.2, 0.25) is 0 Å². The fourth-order valence-electron chi connectivity index (χ4n) is 1.75. The minimum Gasteiger partial charge on any atom is -0.577 e. The van der Waals surface area contributed by atoms with Gasteiger partial charge in [-0.15, -0.1) is 0 Å².